The largest absolute Gasteiger partial charge is 0.496 e. The Morgan fingerprint density at radius 1 is 1.28 bits per heavy atom. The van der Waals surface area contributed by atoms with E-state index in [4.69, 9.17) is 14.5 Å². The Balaban J connectivity index is 1.95. The summed E-state index contributed by atoms with van der Waals surface area (Å²) in [4.78, 5) is 29.7. The molecule has 0 radical (unpaired) electrons. The quantitative estimate of drug-likeness (QED) is 0.538. The maximum atomic E-state index is 12.9. The Labute approximate surface area is 143 Å². The van der Waals surface area contributed by atoms with Gasteiger partial charge in [-0.05, 0) is 19.1 Å². The molecule has 0 aliphatic carbocycles. The van der Waals surface area contributed by atoms with Crippen LogP contribution < -0.4 is 10.3 Å². The summed E-state index contributed by atoms with van der Waals surface area (Å²) in [5.41, 5.74) is 2.69. The summed E-state index contributed by atoms with van der Waals surface area (Å²) >= 11 is 0. The maximum Gasteiger partial charge on any atom is 0.347 e. The third-order valence-electron chi connectivity index (χ3n) is 4.34. The molecule has 0 saturated heterocycles. The summed E-state index contributed by atoms with van der Waals surface area (Å²) in [5.74, 6) is -0.466. The number of esters is 1. The second-order valence-electron chi connectivity index (χ2n) is 5.77. The number of para-hydroxylation sites is 1. The SMILES string of the molecule is CCOC(=O)c1c(OC)cc2n(c1=O)Cc1cc3ccccc3nc1-2. The molecule has 126 valence electrons. The van der Waals surface area contributed by atoms with Gasteiger partial charge in [0.25, 0.3) is 5.56 Å². The number of nitrogens with zero attached hydrogens (tertiary/aromatic N) is 2. The number of aromatic nitrogens is 2. The molecule has 0 unspecified atom stereocenters. The first-order valence-electron chi connectivity index (χ1n) is 8.02. The van der Waals surface area contributed by atoms with Crippen LogP contribution in [-0.2, 0) is 11.3 Å². The summed E-state index contributed by atoms with van der Waals surface area (Å²) < 4.78 is 11.8. The van der Waals surface area contributed by atoms with E-state index in [1.165, 1.54) is 7.11 Å². The van der Waals surface area contributed by atoms with Crippen molar-refractivity contribution >= 4 is 16.9 Å². The van der Waals surface area contributed by atoms with E-state index >= 15 is 0 Å². The summed E-state index contributed by atoms with van der Waals surface area (Å²) in [7, 11) is 1.43. The van der Waals surface area contributed by atoms with E-state index < -0.39 is 11.5 Å². The van der Waals surface area contributed by atoms with Crippen molar-refractivity contribution in [1.29, 1.82) is 0 Å². The predicted octanol–water partition coefficient (Wildman–Crippen LogP) is 2.61. The van der Waals surface area contributed by atoms with Crippen molar-refractivity contribution in [3.05, 3.63) is 57.9 Å². The molecule has 3 aromatic rings. The number of benzene rings is 1. The molecular formula is C19H16N2O4. The minimum absolute atomic E-state index is 0.0783. The van der Waals surface area contributed by atoms with E-state index in [2.05, 4.69) is 0 Å². The van der Waals surface area contributed by atoms with Crippen molar-refractivity contribution in [3.8, 4) is 17.1 Å². The van der Waals surface area contributed by atoms with Crippen molar-refractivity contribution in [1.82, 2.24) is 9.55 Å². The highest BCUT2D eigenvalue weighted by molar-refractivity contribution is 5.93. The van der Waals surface area contributed by atoms with Gasteiger partial charge in [0, 0.05) is 17.0 Å². The molecule has 6 nitrogen and oxygen atoms in total. The van der Waals surface area contributed by atoms with E-state index in [1.807, 2.05) is 30.3 Å². The highest BCUT2D eigenvalue weighted by Gasteiger charge is 2.28. The Morgan fingerprint density at radius 3 is 2.84 bits per heavy atom. The van der Waals surface area contributed by atoms with E-state index in [1.54, 1.807) is 17.6 Å². The molecule has 1 aliphatic heterocycles. The zero-order valence-electron chi connectivity index (χ0n) is 13.9. The number of fused-ring (bicyclic) bond motifs is 4. The molecule has 0 saturated carbocycles. The second-order valence-corrected chi connectivity index (χ2v) is 5.77. The summed E-state index contributed by atoms with van der Waals surface area (Å²) in [6.45, 7) is 2.26. The number of hydrogen-bond acceptors (Lipinski definition) is 5. The highest BCUT2D eigenvalue weighted by atomic mass is 16.5. The number of hydrogen-bond donors (Lipinski definition) is 0. The van der Waals surface area contributed by atoms with E-state index in [-0.39, 0.29) is 17.9 Å². The first-order chi connectivity index (χ1) is 12.1. The normalized spacial score (nSPS) is 11.9. The molecule has 1 aromatic carbocycles. The van der Waals surface area contributed by atoms with Gasteiger partial charge < -0.3 is 14.0 Å². The van der Waals surface area contributed by atoms with Gasteiger partial charge in [-0.2, -0.15) is 0 Å². The lowest BCUT2D eigenvalue weighted by molar-refractivity contribution is 0.0520. The van der Waals surface area contributed by atoms with Gasteiger partial charge in [0.1, 0.15) is 5.75 Å². The van der Waals surface area contributed by atoms with Crippen molar-refractivity contribution in [2.24, 2.45) is 0 Å². The molecule has 1 aliphatic rings. The van der Waals surface area contributed by atoms with Gasteiger partial charge in [0.2, 0.25) is 0 Å². The predicted molar refractivity (Wildman–Crippen MR) is 93.0 cm³/mol. The van der Waals surface area contributed by atoms with Gasteiger partial charge in [-0.3, -0.25) is 4.79 Å². The lowest BCUT2D eigenvalue weighted by Gasteiger charge is -2.11. The van der Waals surface area contributed by atoms with Crippen LogP contribution in [0, 0.1) is 0 Å². The molecular weight excluding hydrogens is 320 g/mol. The van der Waals surface area contributed by atoms with Crippen LogP contribution >= 0.6 is 0 Å². The van der Waals surface area contributed by atoms with Crippen LogP contribution in [-0.4, -0.2) is 29.2 Å². The molecule has 2 aromatic heterocycles. The monoisotopic (exact) mass is 336 g/mol. The Hall–Kier alpha value is -3.15. The zero-order chi connectivity index (χ0) is 17.6. The average molecular weight is 336 g/mol. The molecule has 0 N–H and O–H groups in total. The van der Waals surface area contributed by atoms with E-state index in [0.29, 0.717) is 12.2 Å². The van der Waals surface area contributed by atoms with Crippen molar-refractivity contribution < 1.29 is 14.3 Å². The van der Waals surface area contributed by atoms with E-state index in [9.17, 15) is 9.59 Å². The molecule has 0 fully saturated rings. The van der Waals surface area contributed by atoms with Gasteiger partial charge in [0.05, 0.1) is 37.2 Å². The van der Waals surface area contributed by atoms with Gasteiger partial charge in [-0.1, -0.05) is 18.2 Å². The van der Waals surface area contributed by atoms with Crippen LogP contribution in [0.3, 0.4) is 0 Å². The average Bonchev–Trinajstić information content (AvgIpc) is 2.97. The van der Waals surface area contributed by atoms with Crippen molar-refractivity contribution in [2.45, 2.75) is 13.5 Å². The third kappa shape index (κ3) is 2.29. The molecule has 6 heteroatoms. The number of ether oxygens (including phenoxy) is 2. The Bertz CT molecular complexity index is 1070. The van der Waals surface area contributed by atoms with Crippen LogP contribution in [0.25, 0.3) is 22.3 Å². The fourth-order valence-electron chi connectivity index (χ4n) is 3.20. The summed E-state index contributed by atoms with van der Waals surface area (Å²) in [6, 6.07) is 11.5. The standard InChI is InChI=1S/C19H16N2O4/c1-3-25-19(23)16-15(24-2)9-14-17-12(10-21(14)18(16)22)8-11-6-4-5-7-13(11)20-17/h4-9H,3,10H2,1-2H3. The molecule has 0 amide bonds. The van der Waals surface area contributed by atoms with Gasteiger partial charge in [-0.15, -0.1) is 0 Å². The molecule has 25 heavy (non-hydrogen) atoms. The fourth-order valence-corrected chi connectivity index (χ4v) is 3.20. The summed E-state index contributed by atoms with van der Waals surface area (Å²) in [5, 5.41) is 1.01. The number of carbonyl (C=O) groups excluding carboxylic acids is 1. The van der Waals surface area contributed by atoms with Crippen LogP contribution in [0.2, 0.25) is 0 Å². The Kier molecular flexibility index (Phi) is 3.53. The molecule has 3 heterocycles. The number of rotatable bonds is 3. The zero-order valence-corrected chi connectivity index (χ0v) is 13.9. The third-order valence-corrected chi connectivity index (χ3v) is 4.34. The molecule has 0 bridgehead atoms. The highest BCUT2D eigenvalue weighted by Crippen LogP contribution is 2.34. The van der Waals surface area contributed by atoms with Gasteiger partial charge in [0.15, 0.2) is 5.56 Å². The number of pyridine rings is 2. The first kappa shape index (κ1) is 15.4. The van der Waals surface area contributed by atoms with E-state index in [0.717, 1.165) is 22.2 Å². The molecule has 0 spiro atoms. The topological polar surface area (TPSA) is 70.4 Å². The minimum atomic E-state index is -0.672. The van der Waals surface area contributed by atoms with Crippen molar-refractivity contribution in [2.75, 3.05) is 13.7 Å². The molecule has 4 rings (SSSR count). The fraction of sp³-hybridized carbons (Fsp3) is 0.211. The lowest BCUT2D eigenvalue weighted by atomic mass is 10.1. The van der Waals surface area contributed by atoms with Gasteiger partial charge in [-0.25, -0.2) is 9.78 Å². The maximum absolute atomic E-state index is 12.9. The minimum Gasteiger partial charge on any atom is -0.496 e. The van der Waals surface area contributed by atoms with Crippen LogP contribution in [0.5, 0.6) is 5.75 Å². The number of carbonyl (C=O) groups is 1. The first-order valence-corrected chi connectivity index (χ1v) is 8.02. The van der Waals surface area contributed by atoms with Crippen molar-refractivity contribution in [3.63, 3.8) is 0 Å². The van der Waals surface area contributed by atoms with Crippen LogP contribution in [0.15, 0.2) is 41.2 Å². The lowest BCUT2D eigenvalue weighted by Crippen LogP contribution is -2.27. The van der Waals surface area contributed by atoms with Gasteiger partial charge >= 0.3 is 5.97 Å². The second kappa shape index (κ2) is 5.73. The number of methoxy groups -OCH3 is 1. The Morgan fingerprint density at radius 2 is 2.08 bits per heavy atom. The van der Waals surface area contributed by atoms with Crippen LogP contribution in [0.4, 0.5) is 0 Å². The molecule has 0 atom stereocenters. The smallest absolute Gasteiger partial charge is 0.347 e. The van der Waals surface area contributed by atoms with Crippen LogP contribution in [0.1, 0.15) is 22.8 Å². The summed E-state index contributed by atoms with van der Waals surface area (Å²) in [6.07, 6.45) is 0.